The minimum Gasteiger partial charge on any atom is -0.290 e. The standard InChI is InChI=1S/C7H8N2O.Pt/c8-9-7(10)6-4-2-1-3-5-6;/h1-5H,8H2,(H,9,10);/q;+2. The van der Waals surface area contributed by atoms with Gasteiger partial charge in [0.15, 0.2) is 0 Å². The maximum Gasteiger partial charge on any atom is 2.00 e. The van der Waals surface area contributed by atoms with Gasteiger partial charge in [-0.2, -0.15) is 0 Å². The van der Waals surface area contributed by atoms with Crippen molar-refractivity contribution in [2.45, 2.75) is 0 Å². The number of carbonyl (C=O) groups excluding carboxylic acids is 1. The fourth-order valence-corrected chi connectivity index (χ4v) is 0.673. The van der Waals surface area contributed by atoms with E-state index >= 15 is 0 Å². The van der Waals surface area contributed by atoms with Gasteiger partial charge in [0, 0.05) is 5.56 Å². The Kier molecular flexibility index (Phi) is 4.75. The van der Waals surface area contributed by atoms with E-state index in [0.717, 1.165) is 0 Å². The summed E-state index contributed by atoms with van der Waals surface area (Å²) in [5.41, 5.74) is 2.62. The molecule has 0 radical (unpaired) electrons. The fourth-order valence-electron chi connectivity index (χ4n) is 0.673. The van der Waals surface area contributed by atoms with Gasteiger partial charge in [0.25, 0.3) is 5.91 Å². The quantitative estimate of drug-likeness (QED) is 0.441. The summed E-state index contributed by atoms with van der Waals surface area (Å²) in [5.74, 6) is 4.64. The summed E-state index contributed by atoms with van der Waals surface area (Å²) in [6, 6.07) is 8.80. The zero-order valence-corrected chi connectivity index (χ0v) is 7.96. The van der Waals surface area contributed by atoms with Gasteiger partial charge in [-0.15, -0.1) is 0 Å². The van der Waals surface area contributed by atoms with Crippen molar-refractivity contribution in [3.8, 4) is 0 Å². The summed E-state index contributed by atoms with van der Waals surface area (Å²) in [4.78, 5) is 10.8. The van der Waals surface area contributed by atoms with Crippen LogP contribution in [0.3, 0.4) is 0 Å². The zero-order chi connectivity index (χ0) is 7.40. The molecule has 4 heteroatoms. The minimum atomic E-state index is -0.263. The first kappa shape index (κ1) is 10.3. The minimum absolute atomic E-state index is 0. The van der Waals surface area contributed by atoms with Crippen LogP contribution in [0.2, 0.25) is 0 Å². The number of rotatable bonds is 1. The van der Waals surface area contributed by atoms with Crippen molar-refractivity contribution in [1.29, 1.82) is 0 Å². The molecule has 1 aromatic carbocycles. The van der Waals surface area contributed by atoms with E-state index in [4.69, 9.17) is 5.84 Å². The van der Waals surface area contributed by atoms with Gasteiger partial charge in [-0.25, -0.2) is 5.84 Å². The number of hydrogen-bond donors (Lipinski definition) is 2. The Hall–Kier alpha value is -0.662. The second-order valence-corrected chi connectivity index (χ2v) is 1.84. The van der Waals surface area contributed by atoms with Gasteiger partial charge in [-0.05, 0) is 12.1 Å². The van der Waals surface area contributed by atoms with Gasteiger partial charge in [-0.3, -0.25) is 10.2 Å². The van der Waals surface area contributed by atoms with Crippen molar-refractivity contribution in [3.05, 3.63) is 35.9 Å². The Morgan fingerprint density at radius 1 is 1.27 bits per heavy atom. The summed E-state index contributed by atoms with van der Waals surface area (Å²) in [7, 11) is 0. The summed E-state index contributed by atoms with van der Waals surface area (Å²) < 4.78 is 0. The average molecular weight is 331 g/mol. The first-order chi connectivity index (χ1) is 4.84. The summed E-state index contributed by atoms with van der Waals surface area (Å²) in [6.07, 6.45) is 0. The van der Waals surface area contributed by atoms with Crippen molar-refractivity contribution in [3.63, 3.8) is 0 Å². The molecule has 1 rings (SSSR count). The molecule has 0 fully saturated rings. The van der Waals surface area contributed by atoms with E-state index in [-0.39, 0.29) is 27.0 Å². The maximum atomic E-state index is 10.8. The van der Waals surface area contributed by atoms with Crippen LogP contribution in [0, 0.1) is 0 Å². The number of hydrazine groups is 1. The molecule has 0 bridgehead atoms. The van der Waals surface area contributed by atoms with Gasteiger partial charge in [-0.1, -0.05) is 18.2 Å². The molecule has 60 valence electrons. The summed E-state index contributed by atoms with van der Waals surface area (Å²) in [6.45, 7) is 0. The number of benzene rings is 1. The second kappa shape index (κ2) is 5.05. The van der Waals surface area contributed by atoms with Crippen LogP contribution in [0.5, 0.6) is 0 Å². The second-order valence-electron chi connectivity index (χ2n) is 1.84. The molecule has 1 aromatic rings. The number of nitrogens with two attached hydrogens (primary N) is 1. The monoisotopic (exact) mass is 331 g/mol. The SMILES string of the molecule is NNC(=O)c1ccccc1.[Pt+2]. The average Bonchev–Trinajstić information content (AvgIpc) is 2.05. The predicted molar refractivity (Wildman–Crippen MR) is 38.1 cm³/mol. The largest absolute Gasteiger partial charge is 2.00 e. The molecular formula is C7H8N2OPt+2. The van der Waals surface area contributed by atoms with Crippen molar-refractivity contribution < 1.29 is 25.9 Å². The number of amides is 1. The third kappa shape index (κ3) is 2.83. The third-order valence-corrected chi connectivity index (χ3v) is 1.17. The molecule has 3 N–H and O–H groups in total. The molecule has 0 unspecified atom stereocenters. The normalized spacial score (nSPS) is 8.09. The number of hydrogen-bond acceptors (Lipinski definition) is 2. The van der Waals surface area contributed by atoms with Crippen LogP contribution < -0.4 is 11.3 Å². The van der Waals surface area contributed by atoms with Crippen molar-refractivity contribution in [2.24, 2.45) is 5.84 Å². The van der Waals surface area contributed by atoms with Gasteiger partial charge in [0.05, 0.1) is 0 Å². The topological polar surface area (TPSA) is 55.1 Å². The van der Waals surface area contributed by atoms with Crippen molar-refractivity contribution >= 4 is 5.91 Å². The van der Waals surface area contributed by atoms with Crippen LogP contribution in [-0.4, -0.2) is 5.91 Å². The van der Waals surface area contributed by atoms with Crippen LogP contribution >= 0.6 is 0 Å². The van der Waals surface area contributed by atoms with Gasteiger partial charge < -0.3 is 0 Å². The van der Waals surface area contributed by atoms with Crippen LogP contribution in [-0.2, 0) is 21.1 Å². The van der Waals surface area contributed by atoms with Crippen molar-refractivity contribution in [2.75, 3.05) is 0 Å². The van der Waals surface area contributed by atoms with Crippen LogP contribution in [0.4, 0.5) is 0 Å². The zero-order valence-electron chi connectivity index (χ0n) is 5.69. The van der Waals surface area contributed by atoms with Crippen LogP contribution in [0.15, 0.2) is 30.3 Å². The Morgan fingerprint density at radius 3 is 2.27 bits per heavy atom. The molecular weight excluding hydrogens is 323 g/mol. The number of nitrogen functional groups attached to an aromatic ring is 1. The molecule has 0 saturated heterocycles. The summed E-state index contributed by atoms with van der Waals surface area (Å²) in [5, 5.41) is 0. The van der Waals surface area contributed by atoms with E-state index < -0.39 is 0 Å². The Morgan fingerprint density at radius 2 is 1.82 bits per heavy atom. The summed E-state index contributed by atoms with van der Waals surface area (Å²) >= 11 is 0. The van der Waals surface area contributed by atoms with Gasteiger partial charge >= 0.3 is 21.1 Å². The van der Waals surface area contributed by atoms with E-state index in [9.17, 15) is 4.79 Å². The van der Waals surface area contributed by atoms with Gasteiger partial charge in [0.2, 0.25) is 0 Å². The third-order valence-electron chi connectivity index (χ3n) is 1.17. The van der Waals surface area contributed by atoms with E-state index in [1.54, 1.807) is 24.3 Å². The van der Waals surface area contributed by atoms with Crippen molar-refractivity contribution in [1.82, 2.24) is 5.43 Å². The Labute approximate surface area is 79.2 Å². The molecule has 0 aliphatic carbocycles. The molecule has 0 aliphatic rings. The number of carbonyl (C=O) groups is 1. The van der Waals surface area contributed by atoms with E-state index in [0.29, 0.717) is 5.56 Å². The predicted octanol–water partition coefficient (Wildman–Crippen LogP) is 0.288. The fraction of sp³-hybridized carbons (Fsp3) is 0. The van der Waals surface area contributed by atoms with E-state index in [1.165, 1.54) is 0 Å². The van der Waals surface area contributed by atoms with Crippen LogP contribution in [0.1, 0.15) is 10.4 Å². The van der Waals surface area contributed by atoms with E-state index in [1.807, 2.05) is 11.5 Å². The number of nitrogens with one attached hydrogen (secondary N) is 1. The first-order valence-electron chi connectivity index (χ1n) is 2.90. The first-order valence-corrected chi connectivity index (χ1v) is 2.90. The molecule has 0 saturated carbocycles. The molecule has 0 aromatic heterocycles. The Bertz CT molecular complexity index is 225. The molecule has 0 aliphatic heterocycles. The molecule has 0 heterocycles. The van der Waals surface area contributed by atoms with E-state index in [2.05, 4.69) is 0 Å². The molecule has 3 nitrogen and oxygen atoms in total. The van der Waals surface area contributed by atoms with Crippen LogP contribution in [0.25, 0.3) is 0 Å². The smallest absolute Gasteiger partial charge is 0.290 e. The molecule has 0 atom stereocenters. The molecule has 11 heavy (non-hydrogen) atoms. The molecule has 0 spiro atoms. The molecule has 1 amide bonds. The Balaban J connectivity index is 0.000001000. The maximum absolute atomic E-state index is 10.8. The van der Waals surface area contributed by atoms with Gasteiger partial charge in [0.1, 0.15) is 0 Å².